The molecule has 0 amide bonds. The third-order valence-electron chi connectivity index (χ3n) is 2.69. The first-order valence-electron chi connectivity index (χ1n) is 4.87. The minimum Gasteiger partial charge on any atom is -0.359 e. The third kappa shape index (κ3) is 2.25. The van der Waals surface area contributed by atoms with E-state index in [4.69, 9.17) is 4.74 Å². The molecule has 0 saturated carbocycles. The first-order chi connectivity index (χ1) is 7.42. The van der Waals surface area contributed by atoms with Crippen LogP contribution < -0.4 is 0 Å². The van der Waals surface area contributed by atoms with E-state index in [1.807, 2.05) is 6.07 Å². The van der Waals surface area contributed by atoms with E-state index in [1.165, 1.54) is 0 Å². The second-order valence-electron chi connectivity index (χ2n) is 3.85. The maximum atomic E-state index is 12.5. The summed E-state index contributed by atoms with van der Waals surface area (Å²) in [4.78, 5) is 0. The van der Waals surface area contributed by atoms with Crippen molar-refractivity contribution in [2.75, 3.05) is 6.61 Å². The van der Waals surface area contributed by atoms with Crippen molar-refractivity contribution in [2.24, 2.45) is 5.92 Å². The molecule has 1 aliphatic heterocycles. The Kier molecular flexibility index (Phi) is 3.01. The number of hydrogen-bond donors (Lipinski definition) is 0. The van der Waals surface area contributed by atoms with Gasteiger partial charge in [-0.15, -0.1) is 0 Å². The van der Waals surface area contributed by atoms with Crippen LogP contribution in [0.5, 0.6) is 0 Å². The van der Waals surface area contributed by atoms with Crippen LogP contribution in [0.2, 0.25) is 0 Å². The van der Waals surface area contributed by atoms with Crippen molar-refractivity contribution < 1.29 is 17.9 Å². The zero-order chi connectivity index (χ0) is 11.8. The second-order valence-corrected chi connectivity index (χ2v) is 5.13. The average Bonchev–Trinajstić information content (AvgIpc) is 2.63. The normalized spacial score (nSPS) is 30.6. The number of alkyl halides is 4. The van der Waals surface area contributed by atoms with Crippen LogP contribution in [-0.2, 0) is 9.25 Å². The van der Waals surface area contributed by atoms with Crippen LogP contribution in [0.25, 0.3) is 0 Å². The van der Waals surface area contributed by atoms with Crippen molar-refractivity contribution in [2.45, 2.75) is 17.1 Å². The van der Waals surface area contributed by atoms with Gasteiger partial charge in [-0.1, -0.05) is 30.3 Å². The van der Waals surface area contributed by atoms with E-state index in [9.17, 15) is 13.2 Å². The molecule has 2 rings (SSSR count). The summed E-state index contributed by atoms with van der Waals surface area (Å²) < 4.78 is 41.8. The lowest BCUT2D eigenvalue weighted by molar-refractivity contribution is -0.173. The fraction of sp³-hybridized carbons (Fsp3) is 0.455. The lowest BCUT2D eigenvalue weighted by Gasteiger charge is -2.21. The molecule has 1 aromatic carbocycles. The highest BCUT2D eigenvalue weighted by Crippen LogP contribution is 2.48. The Labute approximate surface area is 99.7 Å². The van der Waals surface area contributed by atoms with Crippen molar-refractivity contribution in [3.63, 3.8) is 0 Å². The Balaban J connectivity index is 2.19. The molecule has 2 unspecified atom stereocenters. The van der Waals surface area contributed by atoms with Gasteiger partial charge in [0.25, 0.3) is 0 Å². The quantitative estimate of drug-likeness (QED) is 0.715. The summed E-state index contributed by atoms with van der Waals surface area (Å²) in [5, 5.41) is 0. The Morgan fingerprint density at radius 1 is 1.25 bits per heavy atom. The summed E-state index contributed by atoms with van der Waals surface area (Å²) in [6, 6.07) is 8.89. The number of rotatable bonds is 1. The van der Waals surface area contributed by atoms with Crippen LogP contribution in [0, 0.1) is 5.92 Å². The molecule has 1 aromatic rings. The van der Waals surface area contributed by atoms with Crippen LogP contribution in [-0.4, -0.2) is 12.8 Å². The Bertz CT molecular complexity index is 365. The van der Waals surface area contributed by atoms with Gasteiger partial charge in [-0.2, -0.15) is 13.2 Å². The predicted molar refractivity (Wildman–Crippen MR) is 57.2 cm³/mol. The molecule has 1 aliphatic rings. The second kappa shape index (κ2) is 4.04. The van der Waals surface area contributed by atoms with Crippen molar-refractivity contribution in [3.05, 3.63) is 35.9 Å². The molecular weight excluding hydrogens is 285 g/mol. The molecular formula is C11H10BrF3O. The number of ether oxygens (including phenoxy) is 1. The maximum Gasteiger partial charge on any atom is 0.394 e. The van der Waals surface area contributed by atoms with Crippen LogP contribution >= 0.6 is 15.9 Å². The van der Waals surface area contributed by atoms with E-state index in [0.29, 0.717) is 0 Å². The summed E-state index contributed by atoms with van der Waals surface area (Å²) in [6.07, 6.45) is -4.27. The summed E-state index contributed by atoms with van der Waals surface area (Å²) in [6.45, 7) is -0.288. The van der Waals surface area contributed by atoms with Crippen molar-refractivity contribution in [1.29, 1.82) is 0 Å². The average molecular weight is 295 g/mol. The monoisotopic (exact) mass is 294 g/mol. The van der Waals surface area contributed by atoms with Crippen molar-refractivity contribution in [1.82, 2.24) is 0 Å². The number of hydrogen-bond acceptors (Lipinski definition) is 1. The SMILES string of the molecule is FC(F)(F)C1COC(Br)(c2ccccc2)C1. The van der Waals surface area contributed by atoms with E-state index in [2.05, 4.69) is 15.9 Å². The van der Waals surface area contributed by atoms with E-state index >= 15 is 0 Å². The maximum absolute atomic E-state index is 12.5. The van der Waals surface area contributed by atoms with Gasteiger partial charge in [0.2, 0.25) is 0 Å². The molecule has 16 heavy (non-hydrogen) atoms. The number of halogens is 4. The van der Waals surface area contributed by atoms with Crippen LogP contribution in [0.3, 0.4) is 0 Å². The summed E-state index contributed by atoms with van der Waals surface area (Å²) in [5.74, 6) is -1.40. The topological polar surface area (TPSA) is 9.23 Å². The first kappa shape index (κ1) is 11.9. The van der Waals surface area contributed by atoms with E-state index in [0.717, 1.165) is 5.56 Å². The molecule has 0 radical (unpaired) electrons. The van der Waals surface area contributed by atoms with Crippen LogP contribution in [0.4, 0.5) is 13.2 Å². The lowest BCUT2D eigenvalue weighted by atomic mass is 10.00. The summed E-state index contributed by atoms with van der Waals surface area (Å²) in [5.41, 5.74) is 0.724. The smallest absolute Gasteiger partial charge is 0.359 e. The van der Waals surface area contributed by atoms with Crippen LogP contribution in [0.15, 0.2) is 30.3 Å². The van der Waals surface area contributed by atoms with Gasteiger partial charge in [0.05, 0.1) is 12.5 Å². The molecule has 88 valence electrons. The molecule has 1 saturated heterocycles. The van der Waals surface area contributed by atoms with Gasteiger partial charge in [0, 0.05) is 6.42 Å². The third-order valence-corrected chi connectivity index (χ3v) is 3.70. The van der Waals surface area contributed by atoms with Gasteiger partial charge < -0.3 is 4.74 Å². The van der Waals surface area contributed by atoms with Crippen molar-refractivity contribution in [3.8, 4) is 0 Å². The Morgan fingerprint density at radius 3 is 2.38 bits per heavy atom. The van der Waals surface area contributed by atoms with E-state index in [-0.39, 0.29) is 13.0 Å². The highest BCUT2D eigenvalue weighted by atomic mass is 79.9. The fourth-order valence-electron chi connectivity index (χ4n) is 1.77. The molecule has 2 atom stereocenters. The van der Waals surface area contributed by atoms with Gasteiger partial charge in [-0.3, -0.25) is 0 Å². The van der Waals surface area contributed by atoms with Crippen molar-refractivity contribution >= 4 is 15.9 Å². The first-order valence-corrected chi connectivity index (χ1v) is 5.66. The van der Waals surface area contributed by atoms with Gasteiger partial charge in [0.1, 0.15) is 4.51 Å². The lowest BCUT2D eigenvalue weighted by Crippen LogP contribution is -2.24. The molecule has 0 N–H and O–H groups in total. The van der Waals surface area contributed by atoms with Gasteiger partial charge >= 0.3 is 6.18 Å². The zero-order valence-electron chi connectivity index (χ0n) is 8.30. The van der Waals surface area contributed by atoms with Crippen LogP contribution in [0.1, 0.15) is 12.0 Å². The highest BCUT2D eigenvalue weighted by Gasteiger charge is 2.51. The fourth-order valence-corrected chi connectivity index (χ4v) is 2.55. The molecule has 1 nitrogen and oxygen atoms in total. The molecule has 0 spiro atoms. The Hall–Kier alpha value is -0.550. The Morgan fingerprint density at radius 2 is 1.88 bits per heavy atom. The molecule has 1 fully saturated rings. The molecule has 0 aliphatic carbocycles. The minimum atomic E-state index is -4.19. The standard InChI is InChI=1S/C11H10BrF3O/c12-10(8-4-2-1-3-5-8)6-9(7-16-10)11(13,14)15/h1-5,9H,6-7H2. The summed E-state index contributed by atoms with van der Waals surface area (Å²) in [7, 11) is 0. The van der Waals surface area contributed by atoms with Gasteiger partial charge in [-0.05, 0) is 21.5 Å². The molecule has 5 heteroatoms. The van der Waals surface area contributed by atoms with Gasteiger partial charge in [0.15, 0.2) is 0 Å². The minimum absolute atomic E-state index is 0.0828. The number of benzene rings is 1. The van der Waals surface area contributed by atoms with E-state index < -0.39 is 16.6 Å². The highest BCUT2D eigenvalue weighted by molar-refractivity contribution is 9.09. The van der Waals surface area contributed by atoms with Gasteiger partial charge in [-0.25, -0.2) is 0 Å². The molecule has 0 aromatic heterocycles. The molecule has 0 bridgehead atoms. The largest absolute Gasteiger partial charge is 0.394 e. The molecule has 1 heterocycles. The van der Waals surface area contributed by atoms with E-state index in [1.54, 1.807) is 24.3 Å². The summed E-state index contributed by atoms with van der Waals surface area (Å²) >= 11 is 3.26. The zero-order valence-corrected chi connectivity index (χ0v) is 9.88. The predicted octanol–water partition coefficient (Wildman–Crippen LogP) is 3.83.